The maximum Gasteiger partial charge on any atom is 0.247 e. The Hall–Kier alpha value is -3.15. The quantitative estimate of drug-likeness (QED) is 0.655. The van der Waals surface area contributed by atoms with Crippen molar-refractivity contribution in [3.05, 3.63) is 71.9 Å². The Morgan fingerprint density at radius 1 is 1.04 bits per heavy atom. The molecular formula is C21H25N5O. The van der Waals surface area contributed by atoms with Crippen LogP contribution in [0.25, 0.3) is 0 Å². The molecule has 1 aromatic heterocycles. The van der Waals surface area contributed by atoms with Gasteiger partial charge in [-0.1, -0.05) is 48.5 Å². The number of hydrogen-bond donors (Lipinski definition) is 1. The molecule has 0 atom stereocenters. The molecule has 1 N–H and O–H groups in total. The van der Waals surface area contributed by atoms with Gasteiger partial charge >= 0.3 is 0 Å². The normalized spacial score (nSPS) is 10.7. The summed E-state index contributed by atoms with van der Waals surface area (Å²) in [5.41, 5.74) is 2.27. The summed E-state index contributed by atoms with van der Waals surface area (Å²) >= 11 is 0. The second-order valence-corrected chi connectivity index (χ2v) is 6.51. The molecule has 0 aliphatic carbocycles. The van der Waals surface area contributed by atoms with E-state index in [1.807, 2.05) is 42.5 Å². The van der Waals surface area contributed by atoms with E-state index < -0.39 is 0 Å². The fourth-order valence-electron chi connectivity index (χ4n) is 2.80. The van der Waals surface area contributed by atoms with Crippen molar-refractivity contribution in [3.8, 4) is 5.75 Å². The van der Waals surface area contributed by atoms with Crippen LogP contribution in [-0.2, 0) is 13.1 Å². The second-order valence-electron chi connectivity index (χ2n) is 6.51. The number of ether oxygens (including phenoxy) is 1. The Morgan fingerprint density at radius 3 is 2.52 bits per heavy atom. The first-order valence-electron chi connectivity index (χ1n) is 9.03. The molecule has 0 saturated carbocycles. The van der Waals surface area contributed by atoms with Crippen molar-refractivity contribution in [2.75, 3.05) is 17.3 Å². The number of hydrogen-bond acceptors (Lipinski definition) is 6. The molecule has 6 nitrogen and oxygen atoms in total. The van der Waals surface area contributed by atoms with Gasteiger partial charge in [-0.05, 0) is 25.5 Å². The highest BCUT2D eigenvalue weighted by Crippen LogP contribution is 2.20. The van der Waals surface area contributed by atoms with Gasteiger partial charge in [-0.3, -0.25) is 0 Å². The van der Waals surface area contributed by atoms with Crippen LogP contribution in [0.5, 0.6) is 5.75 Å². The van der Waals surface area contributed by atoms with E-state index in [0.29, 0.717) is 18.3 Å². The summed E-state index contributed by atoms with van der Waals surface area (Å²) in [6.45, 7) is 5.58. The molecule has 0 amide bonds. The van der Waals surface area contributed by atoms with Crippen LogP contribution in [0.1, 0.15) is 25.0 Å². The monoisotopic (exact) mass is 363 g/mol. The van der Waals surface area contributed by atoms with Gasteiger partial charge in [0, 0.05) is 24.7 Å². The average molecular weight is 363 g/mol. The maximum atomic E-state index is 5.40. The summed E-state index contributed by atoms with van der Waals surface area (Å²) in [5, 5.41) is 11.7. The lowest BCUT2D eigenvalue weighted by atomic mass is 10.2. The molecule has 3 rings (SSSR count). The van der Waals surface area contributed by atoms with Crippen LogP contribution in [-0.4, -0.2) is 28.3 Å². The minimum atomic E-state index is 0.247. The summed E-state index contributed by atoms with van der Waals surface area (Å²) in [7, 11) is 1.67. The van der Waals surface area contributed by atoms with Gasteiger partial charge in [0.15, 0.2) is 5.82 Å². The summed E-state index contributed by atoms with van der Waals surface area (Å²) in [6.07, 6.45) is 1.64. The first-order valence-corrected chi connectivity index (χ1v) is 9.03. The average Bonchev–Trinajstić information content (AvgIpc) is 2.71. The molecule has 0 bridgehead atoms. The molecule has 1 heterocycles. The number of anilines is 2. The fraction of sp³-hybridized carbons (Fsp3) is 0.286. The van der Waals surface area contributed by atoms with Crippen LogP contribution in [0, 0.1) is 0 Å². The number of aromatic nitrogens is 3. The SMILES string of the molecule is COc1ccccc1CNc1cnnc(N(Cc2ccccc2)C(C)C)n1. The number of rotatable bonds is 8. The third-order valence-electron chi connectivity index (χ3n) is 4.28. The molecule has 27 heavy (non-hydrogen) atoms. The molecule has 0 saturated heterocycles. The Kier molecular flexibility index (Phi) is 6.20. The molecule has 0 spiro atoms. The van der Waals surface area contributed by atoms with E-state index in [2.05, 4.69) is 51.4 Å². The highest BCUT2D eigenvalue weighted by Gasteiger charge is 2.15. The van der Waals surface area contributed by atoms with Gasteiger partial charge < -0.3 is 15.0 Å². The predicted octanol–water partition coefficient (Wildman–Crippen LogP) is 3.91. The smallest absolute Gasteiger partial charge is 0.247 e. The summed E-state index contributed by atoms with van der Waals surface area (Å²) < 4.78 is 5.40. The lowest BCUT2D eigenvalue weighted by Gasteiger charge is -2.26. The first kappa shape index (κ1) is 18.6. The van der Waals surface area contributed by atoms with E-state index >= 15 is 0 Å². The van der Waals surface area contributed by atoms with E-state index in [9.17, 15) is 0 Å². The molecule has 0 radical (unpaired) electrons. The minimum absolute atomic E-state index is 0.247. The third-order valence-corrected chi connectivity index (χ3v) is 4.28. The highest BCUT2D eigenvalue weighted by molar-refractivity contribution is 5.42. The van der Waals surface area contributed by atoms with Crippen LogP contribution in [0.3, 0.4) is 0 Å². The Bertz CT molecular complexity index is 854. The molecule has 2 aromatic carbocycles. The highest BCUT2D eigenvalue weighted by atomic mass is 16.5. The molecular weight excluding hydrogens is 338 g/mol. The van der Waals surface area contributed by atoms with E-state index in [1.165, 1.54) is 5.56 Å². The number of nitrogens with zero attached hydrogens (tertiary/aromatic N) is 4. The van der Waals surface area contributed by atoms with E-state index in [0.717, 1.165) is 17.9 Å². The Balaban J connectivity index is 1.75. The van der Waals surface area contributed by atoms with Gasteiger partial charge in [-0.15, -0.1) is 5.10 Å². The summed E-state index contributed by atoms with van der Waals surface area (Å²) in [5.74, 6) is 2.14. The van der Waals surface area contributed by atoms with E-state index in [1.54, 1.807) is 13.3 Å². The van der Waals surface area contributed by atoms with Gasteiger partial charge in [0.25, 0.3) is 0 Å². The number of para-hydroxylation sites is 1. The molecule has 0 fully saturated rings. The molecule has 140 valence electrons. The predicted molar refractivity (Wildman–Crippen MR) is 108 cm³/mol. The fourth-order valence-corrected chi connectivity index (χ4v) is 2.80. The largest absolute Gasteiger partial charge is 0.496 e. The summed E-state index contributed by atoms with van der Waals surface area (Å²) in [6, 6.07) is 18.5. The molecule has 3 aromatic rings. The van der Waals surface area contributed by atoms with Gasteiger partial charge in [0.05, 0.1) is 13.3 Å². The third kappa shape index (κ3) is 4.94. The van der Waals surface area contributed by atoms with Crippen LogP contribution in [0.2, 0.25) is 0 Å². The topological polar surface area (TPSA) is 63.2 Å². The van der Waals surface area contributed by atoms with Crippen molar-refractivity contribution in [2.45, 2.75) is 33.0 Å². The van der Waals surface area contributed by atoms with Gasteiger partial charge in [0.2, 0.25) is 5.95 Å². The zero-order chi connectivity index (χ0) is 19.1. The first-order chi connectivity index (χ1) is 13.2. The Morgan fingerprint density at radius 2 is 1.78 bits per heavy atom. The lowest BCUT2D eigenvalue weighted by Crippen LogP contribution is -2.32. The molecule has 0 aliphatic heterocycles. The van der Waals surface area contributed by atoms with Crippen LogP contribution >= 0.6 is 0 Å². The van der Waals surface area contributed by atoms with Crippen molar-refractivity contribution in [3.63, 3.8) is 0 Å². The van der Waals surface area contributed by atoms with Crippen molar-refractivity contribution in [1.82, 2.24) is 15.2 Å². The van der Waals surface area contributed by atoms with Gasteiger partial charge in [-0.2, -0.15) is 10.1 Å². The van der Waals surface area contributed by atoms with Crippen molar-refractivity contribution < 1.29 is 4.74 Å². The van der Waals surface area contributed by atoms with Crippen molar-refractivity contribution in [1.29, 1.82) is 0 Å². The zero-order valence-corrected chi connectivity index (χ0v) is 16.0. The molecule has 6 heteroatoms. The minimum Gasteiger partial charge on any atom is -0.496 e. The summed E-state index contributed by atoms with van der Waals surface area (Å²) in [4.78, 5) is 6.80. The maximum absolute atomic E-state index is 5.40. The second kappa shape index (κ2) is 8.98. The van der Waals surface area contributed by atoms with Crippen LogP contribution in [0.4, 0.5) is 11.8 Å². The lowest BCUT2D eigenvalue weighted by molar-refractivity contribution is 0.410. The molecule has 0 unspecified atom stereocenters. The Labute approximate surface area is 160 Å². The molecule has 0 aliphatic rings. The van der Waals surface area contributed by atoms with Gasteiger partial charge in [-0.25, -0.2) is 0 Å². The van der Waals surface area contributed by atoms with E-state index in [-0.39, 0.29) is 6.04 Å². The number of nitrogens with one attached hydrogen (secondary N) is 1. The van der Waals surface area contributed by atoms with E-state index in [4.69, 9.17) is 4.74 Å². The van der Waals surface area contributed by atoms with Crippen LogP contribution in [0.15, 0.2) is 60.8 Å². The van der Waals surface area contributed by atoms with Crippen LogP contribution < -0.4 is 15.0 Å². The zero-order valence-electron chi connectivity index (χ0n) is 16.0. The number of benzene rings is 2. The van der Waals surface area contributed by atoms with Crippen molar-refractivity contribution in [2.24, 2.45) is 0 Å². The van der Waals surface area contributed by atoms with Crippen molar-refractivity contribution >= 4 is 11.8 Å². The standard InChI is InChI=1S/C21H25N5O/c1-16(2)26(15-17-9-5-4-6-10-17)21-24-20(14-23-25-21)22-13-18-11-7-8-12-19(18)27-3/h4-12,14,16H,13,15H2,1-3H3,(H,22,24,25). The number of methoxy groups -OCH3 is 1. The van der Waals surface area contributed by atoms with Gasteiger partial charge in [0.1, 0.15) is 5.75 Å².